The zero-order chi connectivity index (χ0) is 9.72. The van der Waals surface area contributed by atoms with E-state index < -0.39 is 24.3 Å². The van der Waals surface area contributed by atoms with Crippen molar-refractivity contribution in [3.8, 4) is 0 Å². The molecule has 6 heteroatoms. The molecule has 0 heterocycles. The number of carboxylic acid groups (broad SMARTS) is 1. The Labute approximate surface area is 69.5 Å². The van der Waals surface area contributed by atoms with Gasteiger partial charge in [0.25, 0.3) is 0 Å². The van der Waals surface area contributed by atoms with Crippen LogP contribution in [0.3, 0.4) is 0 Å². The zero-order valence-corrected chi connectivity index (χ0v) is 6.64. The molecule has 0 fully saturated rings. The van der Waals surface area contributed by atoms with Crippen molar-refractivity contribution in [1.29, 1.82) is 0 Å². The van der Waals surface area contributed by atoms with Gasteiger partial charge in [-0.05, 0) is 7.05 Å². The molecule has 0 aromatic rings. The van der Waals surface area contributed by atoms with Crippen molar-refractivity contribution in [2.45, 2.75) is 18.3 Å². The molecular weight excluding hydrogens is 166 g/mol. The molecule has 0 radical (unpaired) electrons. The highest BCUT2D eigenvalue weighted by atomic mass is 16.4. The van der Waals surface area contributed by atoms with Crippen molar-refractivity contribution >= 4 is 5.97 Å². The van der Waals surface area contributed by atoms with Gasteiger partial charge in [0, 0.05) is 6.54 Å². The van der Waals surface area contributed by atoms with E-state index in [9.17, 15) is 4.79 Å². The van der Waals surface area contributed by atoms with Gasteiger partial charge in [0.2, 0.25) is 0 Å². The summed E-state index contributed by atoms with van der Waals surface area (Å²) in [6.45, 7) is 0.0194. The summed E-state index contributed by atoms with van der Waals surface area (Å²) in [6.07, 6.45) is -4.91. The van der Waals surface area contributed by atoms with E-state index >= 15 is 0 Å². The molecule has 3 unspecified atom stereocenters. The number of aliphatic hydroxyl groups excluding tert-OH is 3. The summed E-state index contributed by atoms with van der Waals surface area (Å²) in [6, 6.07) is 0. The normalized spacial score (nSPS) is 18.3. The minimum absolute atomic E-state index is 0.0194. The average molecular weight is 179 g/mol. The summed E-state index contributed by atoms with van der Waals surface area (Å²) >= 11 is 0. The highest BCUT2D eigenvalue weighted by molar-refractivity contribution is 5.72. The number of hydrogen-bond donors (Lipinski definition) is 5. The van der Waals surface area contributed by atoms with E-state index in [0.29, 0.717) is 0 Å². The molecule has 6 nitrogen and oxygen atoms in total. The van der Waals surface area contributed by atoms with Gasteiger partial charge in [0.15, 0.2) is 6.10 Å². The third kappa shape index (κ3) is 3.14. The number of aliphatic carboxylic acids is 1. The third-order valence-electron chi connectivity index (χ3n) is 1.38. The fourth-order valence-corrected chi connectivity index (χ4v) is 0.686. The van der Waals surface area contributed by atoms with Gasteiger partial charge in [0.1, 0.15) is 6.10 Å². The molecule has 0 saturated carbocycles. The van der Waals surface area contributed by atoms with Crippen LogP contribution in [-0.2, 0) is 4.79 Å². The van der Waals surface area contributed by atoms with Crippen LogP contribution >= 0.6 is 0 Å². The van der Waals surface area contributed by atoms with Crippen molar-refractivity contribution < 1.29 is 25.2 Å². The van der Waals surface area contributed by atoms with Gasteiger partial charge in [-0.1, -0.05) is 0 Å². The molecule has 0 spiro atoms. The van der Waals surface area contributed by atoms with E-state index in [-0.39, 0.29) is 6.54 Å². The molecule has 0 rings (SSSR count). The molecular formula is C6H13NO5. The fourth-order valence-electron chi connectivity index (χ4n) is 0.686. The first-order valence-electron chi connectivity index (χ1n) is 3.42. The molecule has 0 aliphatic carbocycles. The van der Waals surface area contributed by atoms with E-state index in [1.807, 2.05) is 0 Å². The van der Waals surface area contributed by atoms with Crippen molar-refractivity contribution in [3.63, 3.8) is 0 Å². The summed E-state index contributed by atoms with van der Waals surface area (Å²) < 4.78 is 0. The molecule has 0 aliphatic rings. The Balaban J connectivity index is 3.99. The lowest BCUT2D eigenvalue weighted by atomic mass is 10.1. The number of carbonyl (C=O) groups is 1. The molecule has 5 N–H and O–H groups in total. The Kier molecular flexibility index (Phi) is 4.75. The lowest BCUT2D eigenvalue weighted by molar-refractivity contribution is -0.157. The molecule has 3 atom stereocenters. The second-order valence-electron chi connectivity index (χ2n) is 2.40. The van der Waals surface area contributed by atoms with Crippen LogP contribution < -0.4 is 5.32 Å². The second-order valence-corrected chi connectivity index (χ2v) is 2.40. The van der Waals surface area contributed by atoms with E-state index in [4.69, 9.17) is 20.4 Å². The topological polar surface area (TPSA) is 110 Å². The van der Waals surface area contributed by atoms with Crippen LogP contribution in [0.25, 0.3) is 0 Å². The largest absolute Gasteiger partial charge is 0.479 e. The standard InChI is InChI=1S/C6H13NO5/c1-7-2-3(8)4(9)5(10)6(11)12/h3-5,7-10H,2H2,1H3,(H,11,12). The van der Waals surface area contributed by atoms with Gasteiger partial charge in [-0.3, -0.25) is 0 Å². The first kappa shape index (κ1) is 11.3. The third-order valence-corrected chi connectivity index (χ3v) is 1.38. The quantitative estimate of drug-likeness (QED) is 0.316. The number of hydrogen-bond acceptors (Lipinski definition) is 5. The fraction of sp³-hybridized carbons (Fsp3) is 0.833. The summed E-state index contributed by atoms with van der Waals surface area (Å²) in [5.41, 5.74) is 0. The van der Waals surface area contributed by atoms with Gasteiger partial charge in [0.05, 0.1) is 6.10 Å². The highest BCUT2D eigenvalue weighted by Gasteiger charge is 2.29. The molecule has 0 aromatic heterocycles. The number of likely N-dealkylation sites (N-methyl/N-ethyl adjacent to an activating group) is 1. The summed E-state index contributed by atoms with van der Waals surface area (Å²) in [5, 5.41) is 37.5. The Morgan fingerprint density at radius 3 is 2.25 bits per heavy atom. The van der Waals surface area contributed by atoms with Crippen LogP contribution in [0.5, 0.6) is 0 Å². The number of aliphatic hydroxyl groups is 3. The van der Waals surface area contributed by atoms with Gasteiger partial charge < -0.3 is 25.7 Å². The second kappa shape index (κ2) is 5.04. The predicted octanol–water partition coefficient (Wildman–Crippen LogP) is -2.63. The first-order chi connectivity index (χ1) is 5.50. The van der Waals surface area contributed by atoms with Gasteiger partial charge in [-0.15, -0.1) is 0 Å². The molecule has 0 saturated heterocycles. The minimum atomic E-state index is -1.95. The van der Waals surface area contributed by atoms with E-state index in [1.54, 1.807) is 0 Å². The molecule has 0 aromatic carbocycles. The Morgan fingerprint density at radius 2 is 1.92 bits per heavy atom. The van der Waals surface area contributed by atoms with Crippen LogP contribution in [0.4, 0.5) is 0 Å². The maximum Gasteiger partial charge on any atom is 0.335 e. The Morgan fingerprint density at radius 1 is 1.42 bits per heavy atom. The summed E-state index contributed by atoms with van der Waals surface area (Å²) in [5.74, 6) is -1.56. The van der Waals surface area contributed by atoms with E-state index in [0.717, 1.165) is 0 Å². The van der Waals surface area contributed by atoms with Crippen LogP contribution in [0.1, 0.15) is 0 Å². The van der Waals surface area contributed by atoms with Crippen molar-refractivity contribution in [2.24, 2.45) is 0 Å². The van der Waals surface area contributed by atoms with Gasteiger partial charge in [-0.2, -0.15) is 0 Å². The average Bonchev–Trinajstić information content (AvgIpc) is 2.02. The Bertz CT molecular complexity index is 151. The van der Waals surface area contributed by atoms with Gasteiger partial charge >= 0.3 is 5.97 Å². The first-order valence-corrected chi connectivity index (χ1v) is 3.42. The van der Waals surface area contributed by atoms with Gasteiger partial charge in [-0.25, -0.2) is 4.79 Å². The highest BCUT2D eigenvalue weighted by Crippen LogP contribution is 1.99. The SMILES string of the molecule is CNCC(O)C(O)C(O)C(=O)O. The van der Waals surface area contributed by atoms with Crippen LogP contribution in [-0.4, -0.2) is 58.3 Å². The minimum Gasteiger partial charge on any atom is -0.479 e. The summed E-state index contributed by atoms with van der Waals surface area (Å²) in [7, 11) is 1.53. The monoisotopic (exact) mass is 179 g/mol. The lowest BCUT2D eigenvalue weighted by Gasteiger charge is -2.19. The van der Waals surface area contributed by atoms with E-state index in [1.165, 1.54) is 7.05 Å². The maximum atomic E-state index is 10.1. The molecule has 12 heavy (non-hydrogen) atoms. The molecule has 0 aliphatic heterocycles. The van der Waals surface area contributed by atoms with Crippen LogP contribution in [0.15, 0.2) is 0 Å². The predicted molar refractivity (Wildman–Crippen MR) is 39.6 cm³/mol. The van der Waals surface area contributed by atoms with Crippen molar-refractivity contribution in [1.82, 2.24) is 5.32 Å². The number of carboxylic acids is 1. The van der Waals surface area contributed by atoms with Crippen LogP contribution in [0, 0.1) is 0 Å². The lowest BCUT2D eigenvalue weighted by Crippen LogP contribution is -2.45. The number of nitrogens with one attached hydrogen (secondary N) is 1. The molecule has 72 valence electrons. The van der Waals surface area contributed by atoms with Crippen molar-refractivity contribution in [2.75, 3.05) is 13.6 Å². The van der Waals surface area contributed by atoms with Crippen LogP contribution in [0.2, 0.25) is 0 Å². The van der Waals surface area contributed by atoms with Crippen molar-refractivity contribution in [3.05, 3.63) is 0 Å². The molecule has 0 bridgehead atoms. The Hall–Kier alpha value is -0.690. The number of rotatable bonds is 5. The molecule has 0 amide bonds. The zero-order valence-electron chi connectivity index (χ0n) is 6.64. The smallest absolute Gasteiger partial charge is 0.335 e. The van der Waals surface area contributed by atoms with E-state index in [2.05, 4.69) is 5.32 Å². The summed E-state index contributed by atoms with van der Waals surface area (Å²) in [4.78, 5) is 10.1. The maximum absolute atomic E-state index is 10.1.